The summed E-state index contributed by atoms with van der Waals surface area (Å²) in [4.78, 5) is 10.2. The molecule has 0 saturated carbocycles. The summed E-state index contributed by atoms with van der Waals surface area (Å²) < 4.78 is 13.2. The molecule has 2 N–H and O–H groups in total. The molecule has 0 aliphatic carbocycles. The predicted molar refractivity (Wildman–Crippen MR) is 66.9 cm³/mol. The van der Waals surface area contributed by atoms with E-state index in [1.807, 2.05) is 0 Å². The summed E-state index contributed by atoms with van der Waals surface area (Å²) >= 11 is 0. The Balaban J connectivity index is 2.21. The van der Waals surface area contributed by atoms with Gasteiger partial charge in [0.2, 0.25) is 0 Å². The van der Waals surface area contributed by atoms with Crippen molar-refractivity contribution in [2.24, 2.45) is 15.4 Å². The molecule has 2 rings (SSSR count). The number of anilines is 1. The fourth-order valence-electron chi connectivity index (χ4n) is 1.29. The zero-order valence-electron chi connectivity index (χ0n) is 9.25. The number of halogens is 1. The van der Waals surface area contributed by atoms with Gasteiger partial charge in [-0.2, -0.15) is 10.2 Å². The molecule has 6 heteroatoms. The number of rotatable bonds is 3. The molecule has 0 amide bonds. The molecule has 0 fully saturated rings. The number of hydrogen-bond acceptors (Lipinski definition) is 5. The Kier molecular flexibility index (Phi) is 3.38. The van der Waals surface area contributed by atoms with E-state index in [-0.39, 0.29) is 5.69 Å². The van der Waals surface area contributed by atoms with Gasteiger partial charge in [0.25, 0.3) is 0 Å². The van der Waals surface area contributed by atoms with Gasteiger partial charge < -0.3 is 5.73 Å². The molecule has 90 valence electrons. The Hall–Kier alpha value is -2.63. The molecule has 0 radical (unpaired) electrons. The Morgan fingerprint density at radius 3 is 2.17 bits per heavy atom. The van der Waals surface area contributed by atoms with Crippen LogP contribution in [0.1, 0.15) is 0 Å². The third-order valence-electron chi connectivity index (χ3n) is 2.20. The molecule has 0 heterocycles. The summed E-state index contributed by atoms with van der Waals surface area (Å²) in [7, 11) is 0. The molecule has 2 aromatic carbocycles. The molecular formula is C12H9FN4O. The van der Waals surface area contributed by atoms with E-state index in [0.29, 0.717) is 17.1 Å². The molecule has 0 atom stereocenters. The van der Waals surface area contributed by atoms with Crippen molar-refractivity contribution < 1.29 is 4.39 Å². The second kappa shape index (κ2) is 5.13. The lowest BCUT2D eigenvalue weighted by molar-refractivity contribution is 0.630. The van der Waals surface area contributed by atoms with E-state index in [9.17, 15) is 9.30 Å². The highest BCUT2D eigenvalue weighted by molar-refractivity contribution is 5.50. The maximum atomic E-state index is 13.2. The van der Waals surface area contributed by atoms with Crippen molar-refractivity contribution in [3.63, 3.8) is 0 Å². The number of nitrogens with zero attached hydrogens (tertiary/aromatic N) is 3. The fourth-order valence-corrected chi connectivity index (χ4v) is 1.29. The van der Waals surface area contributed by atoms with Crippen LogP contribution in [-0.2, 0) is 0 Å². The van der Waals surface area contributed by atoms with E-state index in [4.69, 9.17) is 5.73 Å². The first-order valence-electron chi connectivity index (χ1n) is 5.09. The highest BCUT2D eigenvalue weighted by Gasteiger charge is 2.02. The van der Waals surface area contributed by atoms with Crippen molar-refractivity contribution in [2.75, 3.05) is 5.73 Å². The zero-order chi connectivity index (χ0) is 13.0. The van der Waals surface area contributed by atoms with Gasteiger partial charge in [-0.15, -0.1) is 4.91 Å². The minimum absolute atomic E-state index is 0.249. The van der Waals surface area contributed by atoms with E-state index < -0.39 is 5.82 Å². The van der Waals surface area contributed by atoms with Crippen LogP contribution in [0.4, 0.5) is 27.1 Å². The lowest BCUT2D eigenvalue weighted by Crippen LogP contribution is -1.80. The first-order chi connectivity index (χ1) is 8.69. The van der Waals surface area contributed by atoms with Crippen LogP contribution in [0, 0.1) is 10.7 Å². The summed E-state index contributed by atoms with van der Waals surface area (Å²) in [6.45, 7) is 0. The maximum absolute atomic E-state index is 13.2. The van der Waals surface area contributed by atoms with Crippen LogP contribution in [-0.4, -0.2) is 0 Å². The monoisotopic (exact) mass is 244 g/mol. The van der Waals surface area contributed by atoms with Crippen LogP contribution in [0.5, 0.6) is 0 Å². The molecular weight excluding hydrogens is 235 g/mol. The van der Waals surface area contributed by atoms with Crippen molar-refractivity contribution >= 4 is 22.7 Å². The quantitative estimate of drug-likeness (QED) is 0.498. The van der Waals surface area contributed by atoms with Crippen LogP contribution in [0.2, 0.25) is 0 Å². The van der Waals surface area contributed by atoms with Gasteiger partial charge in [0, 0.05) is 11.8 Å². The maximum Gasteiger partial charge on any atom is 0.154 e. The Labute approximate surface area is 102 Å². The lowest BCUT2D eigenvalue weighted by Gasteiger charge is -1.96. The Bertz CT molecular complexity index is 596. The fraction of sp³-hybridized carbons (Fsp3) is 0. The third-order valence-corrected chi connectivity index (χ3v) is 2.20. The second-order valence-corrected chi connectivity index (χ2v) is 3.52. The van der Waals surface area contributed by atoms with Crippen molar-refractivity contribution in [1.29, 1.82) is 0 Å². The molecule has 0 aliphatic heterocycles. The van der Waals surface area contributed by atoms with E-state index in [2.05, 4.69) is 15.4 Å². The molecule has 0 aromatic heterocycles. The first kappa shape index (κ1) is 11.8. The molecule has 0 unspecified atom stereocenters. The van der Waals surface area contributed by atoms with Gasteiger partial charge in [-0.05, 0) is 41.6 Å². The number of nitrogen functional groups attached to an aromatic ring is 1. The summed E-state index contributed by atoms with van der Waals surface area (Å²) in [6.07, 6.45) is 0. The number of benzene rings is 2. The van der Waals surface area contributed by atoms with Crippen LogP contribution in [0.3, 0.4) is 0 Å². The zero-order valence-corrected chi connectivity index (χ0v) is 9.25. The number of nitrogens with two attached hydrogens (primary N) is 1. The van der Waals surface area contributed by atoms with Gasteiger partial charge >= 0.3 is 0 Å². The average molecular weight is 244 g/mol. The number of azo groups is 1. The smallest absolute Gasteiger partial charge is 0.154 e. The molecule has 0 bridgehead atoms. The number of nitroso groups, excluding NO2 is 1. The molecule has 5 nitrogen and oxygen atoms in total. The largest absolute Gasteiger partial charge is 0.399 e. The minimum Gasteiger partial charge on any atom is -0.399 e. The topological polar surface area (TPSA) is 80.2 Å². The van der Waals surface area contributed by atoms with Crippen LogP contribution in [0.25, 0.3) is 0 Å². The van der Waals surface area contributed by atoms with Gasteiger partial charge in [0.05, 0.1) is 11.4 Å². The lowest BCUT2D eigenvalue weighted by atomic mass is 10.3. The van der Waals surface area contributed by atoms with Crippen LogP contribution < -0.4 is 5.73 Å². The summed E-state index contributed by atoms with van der Waals surface area (Å²) in [5.74, 6) is -0.723. The van der Waals surface area contributed by atoms with Gasteiger partial charge in [0.1, 0.15) is 5.69 Å². The second-order valence-electron chi connectivity index (χ2n) is 3.52. The summed E-state index contributed by atoms with van der Waals surface area (Å²) in [6, 6.07) is 10.6. The van der Waals surface area contributed by atoms with Crippen molar-refractivity contribution in [1.82, 2.24) is 0 Å². The standard InChI is InChI=1S/C12H9FN4O/c13-11-7-10(5-6-12(11)17-18)16-15-9-3-1-8(14)2-4-9/h1-7H,14H2. The van der Waals surface area contributed by atoms with Gasteiger partial charge in [-0.3, -0.25) is 0 Å². The SMILES string of the molecule is Nc1ccc(N=Nc2ccc(N=O)c(F)c2)cc1. The predicted octanol–water partition coefficient (Wildman–Crippen LogP) is 4.22. The molecule has 0 spiro atoms. The molecule has 18 heavy (non-hydrogen) atoms. The summed E-state index contributed by atoms with van der Waals surface area (Å²) in [5.41, 5.74) is 6.80. The highest BCUT2D eigenvalue weighted by Crippen LogP contribution is 2.24. The minimum atomic E-state index is -0.723. The number of hydrogen-bond donors (Lipinski definition) is 1. The van der Waals surface area contributed by atoms with Crippen LogP contribution >= 0.6 is 0 Å². The first-order valence-corrected chi connectivity index (χ1v) is 5.09. The molecule has 2 aromatic rings. The van der Waals surface area contributed by atoms with Gasteiger partial charge in [-0.25, -0.2) is 4.39 Å². The normalized spacial score (nSPS) is 10.7. The average Bonchev–Trinajstić information content (AvgIpc) is 2.38. The highest BCUT2D eigenvalue weighted by atomic mass is 19.1. The van der Waals surface area contributed by atoms with Crippen molar-refractivity contribution in [3.8, 4) is 0 Å². The van der Waals surface area contributed by atoms with Crippen molar-refractivity contribution in [2.45, 2.75) is 0 Å². The summed E-state index contributed by atoms with van der Waals surface area (Å²) in [5, 5.41) is 10.3. The van der Waals surface area contributed by atoms with E-state index in [1.165, 1.54) is 12.1 Å². The Morgan fingerprint density at radius 2 is 1.56 bits per heavy atom. The van der Waals surface area contributed by atoms with Crippen molar-refractivity contribution in [3.05, 3.63) is 53.2 Å². The third kappa shape index (κ3) is 2.73. The molecule has 0 saturated heterocycles. The van der Waals surface area contributed by atoms with Crippen LogP contribution in [0.15, 0.2) is 57.9 Å². The van der Waals surface area contributed by atoms with Gasteiger partial charge in [0.15, 0.2) is 5.82 Å². The van der Waals surface area contributed by atoms with E-state index in [1.54, 1.807) is 24.3 Å². The Morgan fingerprint density at radius 1 is 0.944 bits per heavy atom. The van der Waals surface area contributed by atoms with E-state index in [0.717, 1.165) is 6.07 Å². The molecule has 0 aliphatic rings. The van der Waals surface area contributed by atoms with E-state index >= 15 is 0 Å². The van der Waals surface area contributed by atoms with Gasteiger partial charge in [-0.1, -0.05) is 0 Å².